The van der Waals surface area contributed by atoms with E-state index in [1.165, 1.54) is 21.1 Å². The summed E-state index contributed by atoms with van der Waals surface area (Å²) in [6.07, 6.45) is 1.08. The molecule has 1 aliphatic carbocycles. The summed E-state index contributed by atoms with van der Waals surface area (Å²) < 4.78 is 15.6. The predicted octanol–water partition coefficient (Wildman–Crippen LogP) is 3.40. The zero-order chi connectivity index (χ0) is 22.2. The number of nitrogens with one attached hydrogen (secondary N) is 1. The smallest absolute Gasteiger partial charge is 0.336 e. The lowest BCUT2D eigenvalue weighted by Crippen LogP contribution is -2.38. The monoisotopic (exact) mass is 413 g/mol. The second-order valence-electron chi connectivity index (χ2n) is 8.43. The highest BCUT2D eigenvalue weighted by atomic mass is 16.6. The average molecular weight is 413 g/mol. The van der Waals surface area contributed by atoms with Crippen molar-refractivity contribution in [3.8, 4) is 11.5 Å². The van der Waals surface area contributed by atoms with Gasteiger partial charge in [0.2, 0.25) is 0 Å². The van der Waals surface area contributed by atoms with Crippen LogP contribution in [-0.4, -0.2) is 31.9 Å². The third-order valence-corrected chi connectivity index (χ3v) is 5.42. The van der Waals surface area contributed by atoms with Crippen LogP contribution in [0.3, 0.4) is 0 Å². The van der Waals surface area contributed by atoms with Crippen molar-refractivity contribution in [1.82, 2.24) is 5.32 Å². The number of Topliss-reactive ketones (excluding diaryl/α,β-unsaturated/α-hetero) is 1. The van der Waals surface area contributed by atoms with Gasteiger partial charge in [-0.3, -0.25) is 9.59 Å². The summed E-state index contributed by atoms with van der Waals surface area (Å²) in [5, 5.41) is 3.27. The molecule has 1 atom stereocenters. The van der Waals surface area contributed by atoms with Crippen LogP contribution >= 0.6 is 0 Å². The molecule has 1 aliphatic heterocycles. The summed E-state index contributed by atoms with van der Waals surface area (Å²) in [7, 11) is 2.79. The van der Waals surface area contributed by atoms with E-state index in [0.29, 0.717) is 41.0 Å². The molecule has 0 aromatic heterocycles. The van der Waals surface area contributed by atoms with E-state index in [2.05, 4.69) is 19.2 Å². The highest BCUT2D eigenvalue weighted by Crippen LogP contribution is 2.47. The first-order chi connectivity index (χ1) is 14.1. The number of allylic oxidation sites excluding steroid dienone is 3. The minimum absolute atomic E-state index is 0.00400. The molecule has 0 radical (unpaired) electrons. The van der Waals surface area contributed by atoms with Gasteiger partial charge < -0.3 is 19.5 Å². The van der Waals surface area contributed by atoms with Crippen molar-refractivity contribution in [3.05, 3.63) is 46.3 Å². The van der Waals surface area contributed by atoms with E-state index in [9.17, 15) is 14.4 Å². The van der Waals surface area contributed by atoms with Crippen molar-refractivity contribution in [2.75, 3.05) is 14.2 Å². The maximum absolute atomic E-state index is 13.2. The van der Waals surface area contributed by atoms with E-state index in [-0.39, 0.29) is 16.9 Å². The second kappa shape index (κ2) is 7.97. The van der Waals surface area contributed by atoms with Crippen molar-refractivity contribution >= 4 is 17.7 Å². The van der Waals surface area contributed by atoms with Crippen LogP contribution in [0.5, 0.6) is 11.5 Å². The zero-order valence-corrected chi connectivity index (χ0v) is 18.2. The molecule has 0 unspecified atom stereocenters. The van der Waals surface area contributed by atoms with Crippen molar-refractivity contribution < 1.29 is 28.6 Å². The minimum Gasteiger partial charge on any atom is -0.493 e. The van der Waals surface area contributed by atoms with Gasteiger partial charge in [-0.05, 0) is 36.5 Å². The number of carbonyl (C=O) groups is 3. The van der Waals surface area contributed by atoms with E-state index in [1.807, 2.05) is 0 Å². The molecule has 0 fully saturated rings. The van der Waals surface area contributed by atoms with Gasteiger partial charge in [0.05, 0.1) is 19.8 Å². The van der Waals surface area contributed by atoms with Gasteiger partial charge in [0.15, 0.2) is 17.3 Å². The van der Waals surface area contributed by atoms with Crippen molar-refractivity contribution in [1.29, 1.82) is 0 Å². The summed E-state index contributed by atoms with van der Waals surface area (Å²) in [5.74, 6) is -0.962. The normalized spacial score (nSPS) is 20.3. The van der Waals surface area contributed by atoms with Crippen molar-refractivity contribution in [3.63, 3.8) is 0 Å². The van der Waals surface area contributed by atoms with E-state index >= 15 is 0 Å². The van der Waals surface area contributed by atoms with Gasteiger partial charge in [-0.25, -0.2) is 4.79 Å². The van der Waals surface area contributed by atoms with E-state index < -0.39 is 17.9 Å². The molecule has 0 bridgehead atoms. The molecule has 7 heteroatoms. The fourth-order valence-corrected chi connectivity index (χ4v) is 4.25. The molecule has 160 valence electrons. The topological polar surface area (TPSA) is 90.9 Å². The van der Waals surface area contributed by atoms with Gasteiger partial charge in [0, 0.05) is 36.2 Å². The van der Waals surface area contributed by atoms with Gasteiger partial charge >= 0.3 is 11.9 Å². The zero-order valence-electron chi connectivity index (χ0n) is 18.2. The second-order valence-corrected chi connectivity index (χ2v) is 8.43. The first-order valence-electron chi connectivity index (χ1n) is 9.76. The molecule has 0 amide bonds. The fraction of sp³-hybridized carbons (Fsp3) is 0.435. The summed E-state index contributed by atoms with van der Waals surface area (Å²) >= 11 is 0. The molecule has 1 aromatic rings. The highest BCUT2D eigenvalue weighted by Gasteiger charge is 2.43. The number of ketones is 1. The molecule has 0 saturated heterocycles. The van der Waals surface area contributed by atoms with Crippen LogP contribution in [0.1, 0.15) is 52.0 Å². The lowest BCUT2D eigenvalue weighted by atomic mass is 9.68. The van der Waals surface area contributed by atoms with Crippen molar-refractivity contribution in [2.45, 2.75) is 46.5 Å². The molecule has 30 heavy (non-hydrogen) atoms. The molecular formula is C23H27NO6. The minimum atomic E-state index is -0.599. The fourth-order valence-electron chi connectivity index (χ4n) is 4.25. The third-order valence-electron chi connectivity index (χ3n) is 5.42. The molecule has 1 heterocycles. The molecule has 0 spiro atoms. The third kappa shape index (κ3) is 3.97. The van der Waals surface area contributed by atoms with Gasteiger partial charge in [-0.2, -0.15) is 0 Å². The summed E-state index contributed by atoms with van der Waals surface area (Å²) in [6.45, 7) is 7.22. The number of methoxy groups -OCH3 is 2. The van der Waals surface area contributed by atoms with E-state index in [0.717, 1.165) is 5.70 Å². The van der Waals surface area contributed by atoms with Crippen molar-refractivity contribution in [2.24, 2.45) is 5.41 Å². The lowest BCUT2D eigenvalue weighted by Gasteiger charge is -2.39. The van der Waals surface area contributed by atoms with Gasteiger partial charge in [-0.1, -0.05) is 19.9 Å². The number of benzene rings is 1. The number of carbonyl (C=O) groups excluding carboxylic acids is 3. The Hall–Kier alpha value is -3.09. The number of hydrogen-bond donors (Lipinski definition) is 1. The van der Waals surface area contributed by atoms with Gasteiger partial charge in [-0.15, -0.1) is 0 Å². The Balaban J connectivity index is 2.19. The molecular weight excluding hydrogens is 386 g/mol. The largest absolute Gasteiger partial charge is 0.493 e. The Morgan fingerprint density at radius 2 is 1.83 bits per heavy atom. The van der Waals surface area contributed by atoms with Crippen LogP contribution in [0.15, 0.2) is 40.7 Å². The lowest BCUT2D eigenvalue weighted by molar-refractivity contribution is -0.136. The van der Waals surface area contributed by atoms with Crippen LogP contribution in [0, 0.1) is 5.41 Å². The Kier molecular flexibility index (Phi) is 5.74. The van der Waals surface area contributed by atoms with E-state index in [1.54, 1.807) is 25.1 Å². The quantitative estimate of drug-likeness (QED) is 0.597. The Bertz CT molecular complexity index is 985. The summed E-state index contributed by atoms with van der Waals surface area (Å²) in [6, 6.07) is 5.05. The number of hydrogen-bond acceptors (Lipinski definition) is 7. The molecule has 2 aliphatic rings. The first kappa shape index (κ1) is 21.6. The number of ether oxygens (including phenoxy) is 3. The van der Waals surface area contributed by atoms with Crippen LogP contribution in [-0.2, 0) is 19.1 Å². The maximum Gasteiger partial charge on any atom is 0.336 e. The average Bonchev–Trinajstić information content (AvgIpc) is 2.65. The summed E-state index contributed by atoms with van der Waals surface area (Å²) in [4.78, 5) is 37.2. The van der Waals surface area contributed by atoms with Gasteiger partial charge in [0.1, 0.15) is 0 Å². The van der Waals surface area contributed by atoms with Crippen LogP contribution in [0.25, 0.3) is 0 Å². The predicted molar refractivity (Wildman–Crippen MR) is 110 cm³/mol. The number of rotatable bonds is 4. The SMILES string of the molecule is COC(=O)C1=C(C)NC2=C(C(=O)CC(C)(C)C2)[C@@H]1c1ccc(OC(C)=O)c(OC)c1. The van der Waals surface area contributed by atoms with E-state index in [4.69, 9.17) is 14.2 Å². The van der Waals surface area contributed by atoms with Crippen LogP contribution in [0.2, 0.25) is 0 Å². The Morgan fingerprint density at radius 1 is 1.13 bits per heavy atom. The molecule has 1 aromatic carbocycles. The Labute approximate surface area is 176 Å². The first-order valence-corrected chi connectivity index (χ1v) is 9.76. The highest BCUT2D eigenvalue weighted by molar-refractivity contribution is 6.04. The molecule has 0 saturated carbocycles. The maximum atomic E-state index is 13.2. The number of esters is 2. The molecule has 3 rings (SSSR count). The van der Waals surface area contributed by atoms with Crippen LogP contribution in [0.4, 0.5) is 0 Å². The van der Waals surface area contributed by atoms with Gasteiger partial charge in [0.25, 0.3) is 0 Å². The summed E-state index contributed by atoms with van der Waals surface area (Å²) in [5.41, 5.74) is 2.94. The standard InChI is InChI=1S/C23H27NO6/c1-12-19(22(27)29-6)20(21-15(24-12)10-23(3,4)11-16(21)26)14-7-8-17(30-13(2)25)18(9-14)28-5/h7-9,20,24H,10-11H2,1-6H3/t20-/m1/s1. The number of dihydropyridines is 1. The molecule has 7 nitrogen and oxygen atoms in total. The van der Waals surface area contributed by atoms with Crippen LogP contribution < -0.4 is 14.8 Å². The Morgan fingerprint density at radius 3 is 2.43 bits per heavy atom. The molecule has 1 N–H and O–H groups in total.